The van der Waals surface area contributed by atoms with Gasteiger partial charge in [-0.3, -0.25) is 11.3 Å². The molecule has 2 nitrogen and oxygen atoms in total. The molecular formula is C10H22N2S. The Balaban J connectivity index is 2.53. The van der Waals surface area contributed by atoms with Crippen molar-refractivity contribution in [1.82, 2.24) is 5.43 Å². The Morgan fingerprint density at radius 2 is 2.23 bits per heavy atom. The second-order valence-electron chi connectivity index (χ2n) is 4.61. The average molecular weight is 202 g/mol. The van der Waals surface area contributed by atoms with Crippen LogP contribution in [0.4, 0.5) is 0 Å². The van der Waals surface area contributed by atoms with E-state index >= 15 is 0 Å². The Labute approximate surface area is 86.0 Å². The first-order valence-electron chi connectivity index (χ1n) is 5.18. The number of hydrogen-bond donors (Lipinski definition) is 2. The molecule has 1 aliphatic heterocycles. The maximum Gasteiger partial charge on any atom is 0.0357 e. The van der Waals surface area contributed by atoms with Crippen LogP contribution >= 0.6 is 11.8 Å². The molecule has 1 saturated heterocycles. The Hall–Kier alpha value is 0.270. The molecule has 0 aromatic rings. The molecule has 13 heavy (non-hydrogen) atoms. The van der Waals surface area contributed by atoms with Crippen molar-refractivity contribution in [3.8, 4) is 0 Å². The van der Waals surface area contributed by atoms with Gasteiger partial charge in [-0.05, 0) is 37.9 Å². The summed E-state index contributed by atoms with van der Waals surface area (Å²) in [5.41, 5.74) is 3.00. The van der Waals surface area contributed by atoms with Crippen molar-refractivity contribution in [1.29, 1.82) is 0 Å². The zero-order chi connectivity index (χ0) is 9.90. The van der Waals surface area contributed by atoms with Gasteiger partial charge in [0.1, 0.15) is 0 Å². The number of nitrogens with one attached hydrogen (secondary N) is 1. The average Bonchev–Trinajstić information content (AvgIpc) is 2.48. The second-order valence-corrected chi connectivity index (χ2v) is 6.24. The van der Waals surface area contributed by atoms with Gasteiger partial charge in [0, 0.05) is 10.8 Å². The van der Waals surface area contributed by atoms with Gasteiger partial charge in [-0.2, -0.15) is 11.8 Å². The van der Waals surface area contributed by atoms with Crippen LogP contribution in [-0.2, 0) is 0 Å². The first kappa shape index (κ1) is 11.3. The van der Waals surface area contributed by atoms with E-state index in [4.69, 9.17) is 5.84 Å². The third-order valence-corrected chi connectivity index (χ3v) is 4.54. The quantitative estimate of drug-likeness (QED) is 0.542. The molecule has 1 fully saturated rings. The Bertz CT molecular complexity index is 153. The van der Waals surface area contributed by atoms with Gasteiger partial charge >= 0.3 is 0 Å². The molecule has 3 heteroatoms. The molecule has 0 radical (unpaired) electrons. The van der Waals surface area contributed by atoms with Gasteiger partial charge in [-0.15, -0.1) is 0 Å². The third kappa shape index (κ3) is 2.86. The number of thioether (sulfide) groups is 1. The summed E-state index contributed by atoms with van der Waals surface area (Å²) in [6, 6.07) is 0.472. The molecule has 1 rings (SSSR count). The van der Waals surface area contributed by atoms with Crippen molar-refractivity contribution in [3.05, 3.63) is 0 Å². The van der Waals surface area contributed by atoms with Gasteiger partial charge in [-0.1, -0.05) is 13.8 Å². The lowest BCUT2D eigenvalue weighted by Gasteiger charge is -2.33. The van der Waals surface area contributed by atoms with E-state index in [1.54, 1.807) is 0 Å². The van der Waals surface area contributed by atoms with Crippen LogP contribution in [-0.4, -0.2) is 16.5 Å². The van der Waals surface area contributed by atoms with E-state index in [0.717, 1.165) is 5.92 Å². The van der Waals surface area contributed by atoms with E-state index in [-0.39, 0.29) is 0 Å². The van der Waals surface area contributed by atoms with Gasteiger partial charge in [0.05, 0.1) is 0 Å². The van der Waals surface area contributed by atoms with Gasteiger partial charge in [0.15, 0.2) is 0 Å². The number of hydrogen-bond acceptors (Lipinski definition) is 3. The zero-order valence-electron chi connectivity index (χ0n) is 8.97. The first-order valence-corrected chi connectivity index (χ1v) is 6.17. The molecule has 2 atom stereocenters. The molecule has 0 amide bonds. The van der Waals surface area contributed by atoms with Gasteiger partial charge in [0.2, 0.25) is 0 Å². The van der Waals surface area contributed by atoms with E-state index in [0.29, 0.717) is 10.8 Å². The maximum atomic E-state index is 5.62. The third-order valence-electron chi connectivity index (χ3n) is 2.89. The number of nitrogens with two attached hydrogens (primary N) is 1. The summed E-state index contributed by atoms with van der Waals surface area (Å²) in [5.74, 6) is 7.64. The molecule has 0 aliphatic carbocycles. The van der Waals surface area contributed by atoms with E-state index in [1.807, 2.05) is 0 Å². The monoisotopic (exact) mass is 202 g/mol. The van der Waals surface area contributed by atoms with Crippen molar-refractivity contribution >= 4 is 11.8 Å². The van der Waals surface area contributed by atoms with Crippen LogP contribution in [0.2, 0.25) is 0 Å². The summed E-state index contributed by atoms with van der Waals surface area (Å²) in [4.78, 5) is 0. The van der Waals surface area contributed by atoms with E-state index < -0.39 is 0 Å². The molecule has 0 spiro atoms. The number of rotatable bonds is 4. The van der Waals surface area contributed by atoms with E-state index in [1.165, 1.54) is 25.0 Å². The summed E-state index contributed by atoms with van der Waals surface area (Å²) < 4.78 is 0.374. The van der Waals surface area contributed by atoms with Crippen molar-refractivity contribution in [2.75, 3.05) is 5.75 Å². The Kier molecular flexibility index (Phi) is 4.07. The van der Waals surface area contributed by atoms with Gasteiger partial charge < -0.3 is 0 Å². The topological polar surface area (TPSA) is 38.0 Å². The summed E-state index contributed by atoms with van der Waals surface area (Å²) in [5, 5.41) is 0. The fraction of sp³-hybridized carbons (Fsp3) is 1.00. The zero-order valence-corrected chi connectivity index (χ0v) is 9.79. The summed E-state index contributed by atoms with van der Waals surface area (Å²) in [7, 11) is 0. The van der Waals surface area contributed by atoms with Crippen LogP contribution in [0.1, 0.15) is 40.0 Å². The molecule has 0 aromatic carbocycles. The van der Waals surface area contributed by atoms with Crippen LogP contribution in [0, 0.1) is 5.92 Å². The lowest BCUT2D eigenvalue weighted by atomic mass is 9.90. The van der Waals surface area contributed by atoms with Gasteiger partial charge in [-0.25, -0.2) is 0 Å². The minimum atomic E-state index is 0.374. The fourth-order valence-electron chi connectivity index (χ4n) is 2.04. The number of hydrazine groups is 1. The van der Waals surface area contributed by atoms with Crippen LogP contribution < -0.4 is 11.3 Å². The first-order chi connectivity index (χ1) is 6.08. The molecule has 0 bridgehead atoms. The summed E-state index contributed by atoms with van der Waals surface area (Å²) in [6.07, 6.45) is 3.83. The van der Waals surface area contributed by atoms with Crippen molar-refractivity contribution in [2.45, 2.75) is 50.8 Å². The highest BCUT2D eigenvalue weighted by Crippen LogP contribution is 2.41. The summed E-state index contributed by atoms with van der Waals surface area (Å²) >= 11 is 2.08. The van der Waals surface area contributed by atoms with Crippen LogP contribution in [0.3, 0.4) is 0 Å². The smallest absolute Gasteiger partial charge is 0.0357 e. The highest BCUT2D eigenvalue weighted by atomic mass is 32.2. The normalized spacial score (nSPS) is 31.2. The fourth-order valence-corrected chi connectivity index (χ4v) is 3.45. The molecule has 2 unspecified atom stereocenters. The lowest BCUT2D eigenvalue weighted by Crippen LogP contribution is -2.49. The van der Waals surface area contributed by atoms with Gasteiger partial charge in [0.25, 0.3) is 0 Å². The Morgan fingerprint density at radius 3 is 2.62 bits per heavy atom. The van der Waals surface area contributed by atoms with Crippen molar-refractivity contribution < 1.29 is 0 Å². The molecule has 78 valence electrons. The van der Waals surface area contributed by atoms with Crippen LogP contribution in [0.15, 0.2) is 0 Å². The molecule has 0 aromatic heterocycles. The summed E-state index contributed by atoms with van der Waals surface area (Å²) in [6.45, 7) is 6.86. The standard InChI is InChI=1S/C10H22N2S/c1-8(2)7-9(12-11)10(3)5-4-6-13-10/h8-9,12H,4-7,11H2,1-3H3. The largest absolute Gasteiger partial charge is 0.271 e. The van der Waals surface area contributed by atoms with Crippen molar-refractivity contribution in [3.63, 3.8) is 0 Å². The minimum Gasteiger partial charge on any atom is -0.271 e. The second kappa shape index (κ2) is 4.67. The molecule has 0 saturated carbocycles. The predicted octanol–water partition coefficient (Wildman–Crippen LogP) is 2.15. The maximum absolute atomic E-state index is 5.62. The Morgan fingerprint density at radius 1 is 1.54 bits per heavy atom. The SMILES string of the molecule is CC(C)CC(NN)C1(C)CCCS1. The molecule has 1 aliphatic rings. The minimum absolute atomic E-state index is 0.374. The van der Waals surface area contributed by atoms with E-state index in [2.05, 4.69) is 38.0 Å². The van der Waals surface area contributed by atoms with Crippen molar-refractivity contribution in [2.24, 2.45) is 11.8 Å². The van der Waals surface area contributed by atoms with Crippen LogP contribution in [0.25, 0.3) is 0 Å². The molecular weight excluding hydrogens is 180 g/mol. The van der Waals surface area contributed by atoms with E-state index in [9.17, 15) is 0 Å². The predicted molar refractivity (Wildman–Crippen MR) is 60.7 cm³/mol. The lowest BCUT2D eigenvalue weighted by molar-refractivity contribution is 0.347. The van der Waals surface area contributed by atoms with Crippen LogP contribution in [0.5, 0.6) is 0 Å². The highest BCUT2D eigenvalue weighted by molar-refractivity contribution is 8.00. The molecule has 3 N–H and O–H groups in total. The molecule has 1 heterocycles. The highest BCUT2D eigenvalue weighted by Gasteiger charge is 2.37.